The second kappa shape index (κ2) is 54.2. The van der Waals surface area contributed by atoms with E-state index in [0.717, 1.165) is 109 Å². The van der Waals surface area contributed by atoms with E-state index in [1.54, 1.807) is 0 Å². The van der Waals surface area contributed by atoms with Gasteiger partial charge in [-0.05, 0) is 109 Å². The first-order chi connectivity index (χ1) is 31.6. The average Bonchev–Trinajstić information content (AvgIpc) is 3.30. The van der Waals surface area contributed by atoms with Crippen molar-refractivity contribution in [3.63, 3.8) is 0 Å². The number of hydrogen-bond donors (Lipinski definition) is 0. The molecule has 0 rings (SSSR count). The van der Waals surface area contributed by atoms with Gasteiger partial charge in [-0.25, -0.2) is 0 Å². The van der Waals surface area contributed by atoms with E-state index >= 15 is 0 Å². The number of ether oxygens (including phenoxy) is 3. The summed E-state index contributed by atoms with van der Waals surface area (Å²) in [5, 5.41) is 0. The van der Waals surface area contributed by atoms with Crippen molar-refractivity contribution in [1.82, 2.24) is 0 Å². The molecule has 0 fully saturated rings. The molecule has 0 aromatic heterocycles. The first-order valence-electron chi connectivity index (χ1n) is 26.8. The average molecular weight is 889 g/mol. The number of esters is 2. The first kappa shape index (κ1) is 60.8. The van der Waals surface area contributed by atoms with Crippen LogP contribution in [-0.4, -0.2) is 37.9 Å². The molecular weight excluding hydrogens is 789 g/mol. The zero-order chi connectivity index (χ0) is 46.3. The number of unbranched alkanes of at least 4 members (excludes halogenated alkanes) is 21. The summed E-state index contributed by atoms with van der Waals surface area (Å²) in [5.41, 5.74) is 0. The molecule has 0 bridgehead atoms. The summed E-state index contributed by atoms with van der Waals surface area (Å²) in [7, 11) is 0. The van der Waals surface area contributed by atoms with Crippen LogP contribution in [0.15, 0.2) is 97.2 Å². The lowest BCUT2D eigenvalue weighted by Gasteiger charge is -2.18. The largest absolute Gasteiger partial charge is 0.462 e. The third-order valence-corrected chi connectivity index (χ3v) is 11.1. The van der Waals surface area contributed by atoms with Crippen LogP contribution in [0.4, 0.5) is 0 Å². The lowest BCUT2D eigenvalue weighted by atomic mass is 10.1. The van der Waals surface area contributed by atoms with Gasteiger partial charge in [0.15, 0.2) is 6.10 Å². The molecule has 0 aliphatic carbocycles. The molecule has 366 valence electrons. The molecule has 5 heteroatoms. The van der Waals surface area contributed by atoms with Crippen molar-refractivity contribution in [3.05, 3.63) is 97.2 Å². The van der Waals surface area contributed by atoms with Gasteiger partial charge in [-0.1, -0.05) is 214 Å². The molecule has 0 aromatic rings. The fourth-order valence-corrected chi connectivity index (χ4v) is 7.14. The molecule has 0 saturated carbocycles. The van der Waals surface area contributed by atoms with Crippen LogP contribution in [0.1, 0.15) is 239 Å². The maximum atomic E-state index is 12.8. The number of carbonyl (C=O) groups excluding carboxylic acids is 2. The topological polar surface area (TPSA) is 61.8 Å². The fraction of sp³-hybridized carbons (Fsp3) is 0.695. The van der Waals surface area contributed by atoms with Crippen molar-refractivity contribution < 1.29 is 23.8 Å². The molecule has 1 atom stereocenters. The third-order valence-electron chi connectivity index (χ3n) is 11.1. The summed E-state index contributed by atoms with van der Waals surface area (Å²) in [6.07, 6.45) is 72.7. The van der Waals surface area contributed by atoms with E-state index < -0.39 is 6.10 Å². The van der Waals surface area contributed by atoms with Crippen LogP contribution in [0, 0.1) is 0 Å². The van der Waals surface area contributed by atoms with E-state index in [1.807, 2.05) is 0 Å². The molecule has 0 aromatic carbocycles. The van der Waals surface area contributed by atoms with Crippen molar-refractivity contribution in [2.45, 2.75) is 245 Å². The SMILES string of the molecule is CC/C=C\C/C=C\C/C=C\C/C=C\CCCCCCCCC(=O)OCC(COCCCCCCCC/C=C\CCCC)OC(=O)CCCCCCCCC/C=C\C/C=C\C/C=C\CC. The minimum absolute atomic E-state index is 0.0668. The van der Waals surface area contributed by atoms with Crippen LogP contribution in [0.5, 0.6) is 0 Å². The third kappa shape index (κ3) is 51.5. The van der Waals surface area contributed by atoms with E-state index in [2.05, 4.69) is 118 Å². The summed E-state index contributed by atoms with van der Waals surface area (Å²) in [6.45, 7) is 7.54. The smallest absolute Gasteiger partial charge is 0.306 e. The maximum absolute atomic E-state index is 12.8. The maximum Gasteiger partial charge on any atom is 0.306 e. The molecule has 64 heavy (non-hydrogen) atoms. The lowest BCUT2D eigenvalue weighted by Crippen LogP contribution is -2.30. The van der Waals surface area contributed by atoms with Gasteiger partial charge < -0.3 is 14.2 Å². The van der Waals surface area contributed by atoms with E-state index in [9.17, 15) is 9.59 Å². The summed E-state index contributed by atoms with van der Waals surface area (Å²) < 4.78 is 17.4. The molecule has 0 radical (unpaired) electrons. The van der Waals surface area contributed by atoms with Crippen LogP contribution in [-0.2, 0) is 23.8 Å². The van der Waals surface area contributed by atoms with Crippen molar-refractivity contribution in [1.29, 1.82) is 0 Å². The zero-order valence-corrected chi connectivity index (χ0v) is 42.0. The van der Waals surface area contributed by atoms with Crippen LogP contribution < -0.4 is 0 Å². The Bertz CT molecular complexity index is 1230. The molecule has 0 spiro atoms. The van der Waals surface area contributed by atoms with Gasteiger partial charge in [-0.15, -0.1) is 0 Å². The molecule has 1 unspecified atom stereocenters. The molecule has 0 N–H and O–H groups in total. The summed E-state index contributed by atoms with van der Waals surface area (Å²) >= 11 is 0. The highest BCUT2D eigenvalue weighted by Gasteiger charge is 2.17. The number of carbonyl (C=O) groups is 2. The number of rotatable bonds is 48. The Morgan fingerprint density at radius 3 is 1.14 bits per heavy atom. The Morgan fingerprint density at radius 1 is 0.359 bits per heavy atom. The highest BCUT2D eigenvalue weighted by atomic mass is 16.6. The van der Waals surface area contributed by atoms with E-state index in [4.69, 9.17) is 14.2 Å². The molecule has 0 aliphatic rings. The molecule has 0 saturated heterocycles. The predicted molar refractivity (Wildman–Crippen MR) is 279 cm³/mol. The molecule has 0 heterocycles. The standard InChI is InChI=1S/C59H100O5/c1-4-7-10-13-16-19-22-25-27-29-30-32-33-35-37-40-43-46-49-52-58(60)63-56-57(55-62-54-51-48-45-42-39-24-21-18-15-12-9-6-3)64-59(61)53-50-47-44-41-38-36-34-31-28-26-23-20-17-14-11-8-5-2/h7-8,10-11,15-20,25-28,30,32,57H,4-6,9,12-14,21-24,29,31,33-56H2,1-3H3/b10-7-,11-8-,18-15-,19-16-,20-17-,27-25-,28-26-,32-30-. The van der Waals surface area contributed by atoms with Crippen molar-refractivity contribution in [2.75, 3.05) is 19.8 Å². The van der Waals surface area contributed by atoms with Gasteiger partial charge in [0.25, 0.3) is 0 Å². The van der Waals surface area contributed by atoms with E-state index in [-0.39, 0.29) is 25.2 Å². The Morgan fingerprint density at radius 2 is 0.703 bits per heavy atom. The second-order valence-corrected chi connectivity index (χ2v) is 17.4. The van der Waals surface area contributed by atoms with E-state index in [1.165, 1.54) is 96.3 Å². The second-order valence-electron chi connectivity index (χ2n) is 17.4. The van der Waals surface area contributed by atoms with Crippen LogP contribution in [0.25, 0.3) is 0 Å². The molecular formula is C59H100O5. The minimum Gasteiger partial charge on any atom is -0.462 e. The fourth-order valence-electron chi connectivity index (χ4n) is 7.14. The van der Waals surface area contributed by atoms with Gasteiger partial charge in [0.2, 0.25) is 0 Å². The molecule has 5 nitrogen and oxygen atoms in total. The first-order valence-corrected chi connectivity index (χ1v) is 26.8. The summed E-state index contributed by atoms with van der Waals surface area (Å²) in [5.74, 6) is -0.429. The number of hydrogen-bond acceptors (Lipinski definition) is 5. The van der Waals surface area contributed by atoms with Gasteiger partial charge in [0, 0.05) is 19.4 Å². The predicted octanol–water partition coefficient (Wildman–Crippen LogP) is 18.2. The quantitative estimate of drug-likeness (QED) is 0.0346. The van der Waals surface area contributed by atoms with Gasteiger partial charge in [-0.3, -0.25) is 9.59 Å². The van der Waals surface area contributed by atoms with Gasteiger partial charge in [0.1, 0.15) is 6.61 Å². The zero-order valence-electron chi connectivity index (χ0n) is 42.0. The van der Waals surface area contributed by atoms with E-state index in [0.29, 0.717) is 19.4 Å². The van der Waals surface area contributed by atoms with Crippen LogP contribution >= 0.6 is 0 Å². The number of allylic oxidation sites excluding steroid dienone is 16. The Kier molecular flexibility index (Phi) is 51.5. The normalized spacial score (nSPS) is 13.0. The Hall–Kier alpha value is -3.18. The highest BCUT2D eigenvalue weighted by Crippen LogP contribution is 2.14. The summed E-state index contributed by atoms with van der Waals surface area (Å²) in [4.78, 5) is 25.5. The summed E-state index contributed by atoms with van der Waals surface area (Å²) in [6, 6.07) is 0. The van der Waals surface area contributed by atoms with Crippen LogP contribution in [0.2, 0.25) is 0 Å². The monoisotopic (exact) mass is 889 g/mol. The Labute approximate surface area is 396 Å². The molecule has 0 aliphatic heterocycles. The lowest BCUT2D eigenvalue weighted by molar-refractivity contribution is -0.163. The van der Waals surface area contributed by atoms with Crippen molar-refractivity contribution in [2.24, 2.45) is 0 Å². The van der Waals surface area contributed by atoms with Gasteiger partial charge in [-0.2, -0.15) is 0 Å². The van der Waals surface area contributed by atoms with Crippen LogP contribution in [0.3, 0.4) is 0 Å². The van der Waals surface area contributed by atoms with Crippen molar-refractivity contribution >= 4 is 11.9 Å². The minimum atomic E-state index is -0.556. The van der Waals surface area contributed by atoms with Gasteiger partial charge in [0.05, 0.1) is 6.61 Å². The van der Waals surface area contributed by atoms with Gasteiger partial charge >= 0.3 is 11.9 Å². The van der Waals surface area contributed by atoms with Crippen molar-refractivity contribution in [3.8, 4) is 0 Å². The Balaban J connectivity index is 4.30. The molecule has 0 amide bonds. The highest BCUT2D eigenvalue weighted by molar-refractivity contribution is 5.70.